The number of halogens is 2. The lowest BCUT2D eigenvalue weighted by molar-refractivity contribution is -0.0514. The Bertz CT molecular complexity index is 741. The monoisotopic (exact) mass is 351 g/mol. The third-order valence-corrected chi connectivity index (χ3v) is 2.91. The molecule has 1 heterocycles. The van der Waals surface area contributed by atoms with Crippen molar-refractivity contribution in [1.82, 2.24) is 15.8 Å². The molecule has 0 bridgehead atoms. The second-order valence-corrected chi connectivity index (χ2v) is 4.60. The Hall–Kier alpha value is -3.23. The van der Waals surface area contributed by atoms with E-state index in [0.29, 0.717) is 0 Å². The number of aromatic nitrogens is 1. The number of carbonyl (C=O) groups is 2. The molecular weight excluding hydrogens is 336 g/mol. The SMILES string of the molecule is CCOc1cc(C(=O)NNC(=O)c2ccccn2)ccc1OC(F)F. The number of hydrogen-bond donors (Lipinski definition) is 2. The molecule has 0 saturated heterocycles. The normalized spacial score (nSPS) is 10.2. The van der Waals surface area contributed by atoms with Crippen LogP contribution in [0.15, 0.2) is 42.6 Å². The van der Waals surface area contributed by atoms with Crippen LogP contribution in [-0.4, -0.2) is 30.0 Å². The molecule has 132 valence electrons. The number of ether oxygens (including phenoxy) is 2. The number of alkyl halides is 2. The van der Waals surface area contributed by atoms with Crippen LogP contribution in [0, 0.1) is 0 Å². The van der Waals surface area contributed by atoms with Crippen molar-refractivity contribution in [2.45, 2.75) is 13.5 Å². The predicted octanol–water partition coefficient (Wildman–Crippen LogP) is 2.16. The molecular formula is C16H15F2N3O4. The van der Waals surface area contributed by atoms with Crippen molar-refractivity contribution in [3.05, 3.63) is 53.9 Å². The zero-order valence-corrected chi connectivity index (χ0v) is 13.2. The summed E-state index contributed by atoms with van der Waals surface area (Å²) in [6.45, 7) is -1.16. The summed E-state index contributed by atoms with van der Waals surface area (Å²) in [7, 11) is 0. The van der Waals surface area contributed by atoms with Gasteiger partial charge in [0.1, 0.15) is 5.69 Å². The lowest BCUT2D eigenvalue weighted by Crippen LogP contribution is -2.41. The summed E-state index contributed by atoms with van der Waals surface area (Å²) in [5.41, 5.74) is 4.62. The molecule has 2 aromatic rings. The number of amides is 2. The lowest BCUT2D eigenvalue weighted by atomic mass is 10.2. The van der Waals surface area contributed by atoms with Crippen molar-refractivity contribution in [3.8, 4) is 11.5 Å². The topological polar surface area (TPSA) is 89.6 Å². The van der Waals surface area contributed by atoms with E-state index in [1.54, 1.807) is 19.1 Å². The fourth-order valence-electron chi connectivity index (χ4n) is 1.86. The van der Waals surface area contributed by atoms with Gasteiger partial charge in [-0.1, -0.05) is 6.07 Å². The highest BCUT2D eigenvalue weighted by Gasteiger charge is 2.15. The summed E-state index contributed by atoms with van der Waals surface area (Å²) in [6.07, 6.45) is 1.44. The summed E-state index contributed by atoms with van der Waals surface area (Å²) < 4.78 is 34.2. The van der Waals surface area contributed by atoms with Crippen LogP contribution in [0.4, 0.5) is 8.78 Å². The van der Waals surface area contributed by atoms with Crippen LogP contribution in [-0.2, 0) is 0 Å². The van der Waals surface area contributed by atoms with Crippen LogP contribution in [0.1, 0.15) is 27.8 Å². The molecule has 2 amide bonds. The Balaban J connectivity index is 2.05. The van der Waals surface area contributed by atoms with E-state index < -0.39 is 18.4 Å². The smallest absolute Gasteiger partial charge is 0.387 e. The lowest BCUT2D eigenvalue weighted by Gasteiger charge is -2.13. The van der Waals surface area contributed by atoms with Gasteiger partial charge in [0.2, 0.25) is 0 Å². The van der Waals surface area contributed by atoms with Crippen LogP contribution in [0.2, 0.25) is 0 Å². The second kappa shape index (κ2) is 8.57. The first kappa shape index (κ1) is 18.1. The van der Waals surface area contributed by atoms with Crippen LogP contribution in [0.5, 0.6) is 11.5 Å². The largest absolute Gasteiger partial charge is 0.490 e. The molecule has 0 spiro atoms. The maximum absolute atomic E-state index is 12.4. The molecule has 25 heavy (non-hydrogen) atoms. The van der Waals surface area contributed by atoms with Crippen LogP contribution >= 0.6 is 0 Å². The Morgan fingerprint density at radius 3 is 2.52 bits per heavy atom. The Kier molecular flexibility index (Phi) is 6.21. The molecule has 2 rings (SSSR count). The number of benzene rings is 1. The molecule has 0 saturated carbocycles. The van der Waals surface area contributed by atoms with E-state index in [1.165, 1.54) is 30.5 Å². The van der Waals surface area contributed by atoms with Gasteiger partial charge >= 0.3 is 6.61 Å². The van der Waals surface area contributed by atoms with Crippen molar-refractivity contribution < 1.29 is 27.8 Å². The number of carbonyl (C=O) groups excluding carboxylic acids is 2. The zero-order valence-electron chi connectivity index (χ0n) is 13.2. The minimum atomic E-state index is -3.02. The number of hydrogen-bond acceptors (Lipinski definition) is 5. The predicted molar refractivity (Wildman–Crippen MR) is 83.4 cm³/mol. The van der Waals surface area contributed by atoms with Crippen molar-refractivity contribution in [2.24, 2.45) is 0 Å². The van der Waals surface area contributed by atoms with Gasteiger partial charge in [0.25, 0.3) is 11.8 Å². The Morgan fingerprint density at radius 2 is 1.88 bits per heavy atom. The molecule has 7 nitrogen and oxygen atoms in total. The van der Waals surface area contributed by atoms with Crippen molar-refractivity contribution in [1.29, 1.82) is 0 Å². The fraction of sp³-hybridized carbons (Fsp3) is 0.188. The van der Waals surface area contributed by atoms with Gasteiger partial charge in [0, 0.05) is 11.8 Å². The van der Waals surface area contributed by atoms with Gasteiger partial charge in [0.15, 0.2) is 11.5 Å². The zero-order chi connectivity index (χ0) is 18.2. The summed E-state index contributed by atoms with van der Waals surface area (Å²) in [5, 5.41) is 0. The molecule has 0 radical (unpaired) electrons. The molecule has 0 atom stereocenters. The van der Waals surface area contributed by atoms with Gasteiger partial charge in [-0.2, -0.15) is 8.78 Å². The first-order valence-corrected chi connectivity index (χ1v) is 7.24. The van der Waals surface area contributed by atoms with Crippen LogP contribution in [0.3, 0.4) is 0 Å². The van der Waals surface area contributed by atoms with E-state index in [0.717, 1.165) is 0 Å². The summed E-state index contributed by atoms with van der Waals surface area (Å²) in [6, 6.07) is 8.44. The van der Waals surface area contributed by atoms with E-state index in [9.17, 15) is 18.4 Å². The van der Waals surface area contributed by atoms with Gasteiger partial charge in [-0.3, -0.25) is 25.4 Å². The van der Waals surface area contributed by atoms with Crippen molar-refractivity contribution >= 4 is 11.8 Å². The van der Waals surface area contributed by atoms with E-state index in [2.05, 4.69) is 20.6 Å². The van der Waals surface area contributed by atoms with Gasteiger partial charge in [-0.15, -0.1) is 0 Å². The summed E-state index contributed by atoms with van der Waals surface area (Å²) >= 11 is 0. The highest BCUT2D eigenvalue weighted by Crippen LogP contribution is 2.29. The maximum atomic E-state index is 12.4. The molecule has 9 heteroatoms. The number of pyridine rings is 1. The quantitative estimate of drug-likeness (QED) is 0.779. The third kappa shape index (κ3) is 5.13. The van der Waals surface area contributed by atoms with E-state index in [1.807, 2.05) is 0 Å². The van der Waals surface area contributed by atoms with E-state index in [4.69, 9.17) is 4.74 Å². The molecule has 0 aliphatic carbocycles. The van der Waals surface area contributed by atoms with Gasteiger partial charge in [-0.25, -0.2) is 0 Å². The minimum absolute atomic E-state index is 0.00787. The third-order valence-electron chi connectivity index (χ3n) is 2.91. The Labute approximate surface area is 141 Å². The summed E-state index contributed by atoms with van der Waals surface area (Å²) in [5.74, 6) is -1.46. The highest BCUT2D eigenvalue weighted by molar-refractivity contribution is 5.98. The first-order valence-electron chi connectivity index (χ1n) is 7.24. The second-order valence-electron chi connectivity index (χ2n) is 4.60. The molecule has 0 fully saturated rings. The molecule has 1 aromatic carbocycles. The number of nitrogens with one attached hydrogen (secondary N) is 2. The Morgan fingerprint density at radius 1 is 1.12 bits per heavy atom. The molecule has 0 aliphatic heterocycles. The van der Waals surface area contributed by atoms with Gasteiger partial charge < -0.3 is 9.47 Å². The summed E-state index contributed by atoms with van der Waals surface area (Å²) in [4.78, 5) is 27.7. The molecule has 1 aromatic heterocycles. The molecule has 2 N–H and O–H groups in total. The van der Waals surface area contributed by atoms with E-state index >= 15 is 0 Å². The molecule has 0 unspecified atom stereocenters. The minimum Gasteiger partial charge on any atom is -0.490 e. The molecule has 0 aliphatic rings. The first-order chi connectivity index (χ1) is 12.0. The number of hydrazine groups is 1. The van der Waals surface area contributed by atoms with Crippen molar-refractivity contribution in [3.63, 3.8) is 0 Å². The number of rotatable bonds is 6. The van der Waals surface area contributed by atoms with Crippen molar-refractivity contribution in [2.75, 3.05) is 6.61 Å². The maximum Gasteiger partial charge on any atom is 0.387 e. The van der Waals surface area contributed by atoms with Gasteiger partial charge in [0.05, 0.1) is 6.61 Å². The van der Waals surface area contributed by atoms with Crippen LogP contribution in [0.25, 0.3) is 0 Å². The van der Waals surface area contributed by atoms with Crippen LogP contribution < -0.4 is 20.3 Å². The average Bonchev–Trinajstić information content (AvgIpc) is 2.61. The number of nitrogens with zero attached hydrogens (tertiary/aromatic N) is 1. The average molecular weight is 351 g/mol. The standard InChI is InChI=1S/C16H15F2N3O4/c1-2-24-13-9-10(6-7-12(13)25-16(17)18)14(22)20-21-15(23)11-5-3-4-8-19-11/h3-9,16H,2H2,1H3,(H,20,22)(H,21,23). The van der Waals surface area contributed by atoms with Gasteiger partial charge in [-0.05, 0) is 37.3 Å². The highest BCUT2D eigenvalue weighted by atomic mass is 19.3. The fourth-order valence-corrected chi connectivity index (χ4v) is 1.86. The van der Waals surface area contributed by atoms with E-state index in [-0.39, 0.29) is 29.4 Å².